The molecule has 144 valence electrons. The van der Waals surface area contributed by atoms with Crippen molar-refractivity contribution in [2.75, 3.05) is 0 Å². The van der Waals surface area contributed by atoms with Gasteiger partial charge in [0.2, 0.25) is 0 Å². The molecule has 4 rings (SSSR count). The van der Waals surface area contributed by atoms with Gasteiger partial charge in [-0.15, -0.1) is 0 Å². The topological polar surface area (TPSA) is 86.0 Å². The minimum atomic E-state index is -0.487. The highest BCUT2D eigenvalue weighted by atomic mass is 35.5. The van der Waals surface area contributed by atoms with Crippen molar-refractivity contribution in [2.24, 2.45) is 14.1 Å². The number of aromatic nitrogens is 3. The van der Waals surface area contributed by atoms with Gasteiger partial charge in [-0.2, -0.15) is 0 Å². The lowest BCUT2D eigenvalue weighted by Crippen LogP contribution is -2.51. The number of fused-ring (bicyclic) bond motifs is 1. The largest absolute Gasteiger partial charge is 0.341 e. The molecule has 2 heterocycles. The summed E-state index contributed by atoms with van der Waals surface area (Å²) in [6.45, 7) is 0. The molecule has 28 heavy (non-hydrogen) atoms. The molecule has 1 aliphatic rings. The van der Waals surface area contributed by atoms with Crippen LogP contribution in [0.5, 0.6) is 0 Å². The number of halogens is 1. The number of pyridine rings is 1. The molecule has 0 aliphatic heterocycles. The Bertz CT molecular complexity index is 1210. The summed E-state index contributed by atoms with van der Waals surface area (Å²) in [4.78, 5) is 41.7. The Labute approximate surface area is 165 Å². The minimum absolute atomic E-state index is 0.163. The van der Waals surface area contributed by atoms with Crippen molar-refractivity contribution in [2.45, 2.75) is 24.8 Å². The van der Waals surface area contributed by atoms with E-state index in [0.29, 0.717) is 5.02 Å². The van der Waals surface area contributed by atoms with Gasteiger partial charge < -0.3 is 5.32 Å². The van der Waals surface area contributed by atoms with E-state index in [1.807, 2.05) is 24.3 Å². The van der Waals surface area contributed by atoms with E-state index in [-0.39, 0.29) is 22.6 Å². The Morgan fingerprint density at radius 3 is 2.36 bits per heavy atom. The van der Waals surface area contributed by atoms with E-state index in [9.17, 15) is 14.4 Å². The zero-order chi connectivity index (χ0) is 20.1. The summed E-state index contributed by atoms with van der Waals surface area (Å²) >= 11 is 5.98. The zero-order valence-electron chi connectivity index (χ0n) is 15.5. The fourth-order valence-corrected chi connectivity index (χ4v) is 3.77. The molecule has 0 bridgehead atoms. The van der Waals surface area contributed by atoms with Crippen molar-refractivity contribution >= 4 is 28.5 Å². The SMILES string of the molecule is Cn1c(=O)c2ccc(C(=O)NC3(c4ccc(Cl)cc4)CCC3)nc2n(C)c1=O. The first-order valence-corrected chi connectivity index (χ1v) is 9.35. The van der Waals surface area contributed by atoms with Crippen LogP contribution in [0.4, 0.5) is 0 Å². The normalized spacial score (nSPS) is 15.2. The molecule has 0 spiro atoms. The maximum absolute atomic E-state index is 12.9. The van der Waals surface area contributed by atoms with E-state index in [1.54, 1.807) is 0 Å². The number of benzene rings is 1. The lowest BCUT2D eigenvalue weighted by Gasteiger charge is -2.43. The van der Waals surface area contributed by atoms with Gasteiger partial charge in [-0.05, 0) is 49.1 Å². The number of carbonyl (C=O) groups is 1. The van der Waals surface area contributed by atoms with Crippen molar-refractivity contribution in [1.29, 1.82) is 0 Å². The van der Waals surface area contributed by atoms with Gasteiger partial charge in [0.15, 0.2) is 0 Å². The van der Waals surface area contributed by atoms with Gasteiger partial charge in [-0.3, -0.25) is 18.7 Å². The highest BCUT2D eigenvalue weighted by molar-refractivity contribution is 6.30. The molecule has 8 heteroatoms. The van der Waals surface area contributed by atoms with Crippen LogP contribution in [0.15, 0.2) is 46.0 Å². The van der Waals surface area contributed by atoms with Crippen molar-refractivity contribution in [3.05, 3.63) is 73.5 Å². The second-order valence-corrected chi connectivity index (χ2v) is 7.61. The quantitative estimate of drug-likeness (QED) is 0.732. The molecule has 0 saturated heterocycles. The average molecular weight is 399 g/mol. The summed E-state index contributed by atoms with van der Waals surface area (Å²) in [6, 6.07) is 10.5. The Balaban J connectivity index is 1.72. The Morgan fingerprint density at radius 1 is 1.07 bits per heavy atom. The van der Waals surface area contributed by atoms with Crippen molar-refractivity contribution in [3.63, 3.8) is 0 Å². The number of aryl methyl sites for hydroxylation is 1. The maximum atomic E-state index is 12.9. The molecule has 1 fully saturated rings. The van der Waals surface area contributed by atoms with Gasteiger partial charge in [0, 0.05) is 19.1 Å². The molecule has 1 N–H and O–H groups in total. The molecule has 0 unspecified atom stereocenters. The summed E-state index contributed by atoms with van der Waals surface area (Å²) in [6.07, 6.45) is 2.67. The molecule has 7 nitrogen and oxygen atoms in total. The highest BCUT2D eigenvalue weighted by Crippen LogP contribution is 2.41. The highest BCUT2D eigenvalue weighted by Gasteiger charge is 2.40. The smallest absolute Gasteiger partial charge is 0.332 e. The Hall–Kier alpha value is -2.93. The monoisotopic (exact) mass is 398 g/mol. The summed E-state index contributed by atoms with van der Waals surface area (Å²) in [7, 11) is 2.94. The third-order valence-corrected chi connectivity index (χ3v) is 5.74. The van der Waals surface area contributed by atoms with E-state index in [4.69, 9.17) is 11.6 Å². The van der Waals surface area contributed by atoms with E-state index >= 15 is 0 Å². The summed E-state index contributed by atoms with van der Waals surface area (Å²) < 4.78 is 2.29. The number of carbonyl (C=O) groups excluding carboxylic acids is 1. The average Bonchev–Trinajstić information content (AvgIpc) is 2.67. The van der Waals surface area contributed by atoms with Crippen molar-refractivity contribution < 1.29 is 4.79 Å². The first kappa shape index (κ1) is 18.4. The van der Waals surface area contributed by atoms with E-state index in [2.05, 4.69) is 10.3 Å². The van der Waals surface area contributed by atoms with Crippen LogP contribution in [-0.4, -0.2) is 20.0 Å². The summed E-state index contributed by atoms with van der Waals surface area (Å²) in [5.74, 6) is -0.343. The van der Waals surface area contributed by atoms with Crippen LogP contribution < -0.4 is 16.6 Å². The second-order valence-electron chi connectivity index (χ2n) is 7.17. The molecular formula is C20H19ClN4O3. The van der Waals surface area contributed by atoms with Crippen LogP contribution in [0.25, 0.3) is 11.0 Å². The molecule has 0 atom stereocenters. The zero-order valence-corrected chi connectivity index (χ0v) is 16.3. The predicted molar refractivity (Wildman–Crippen MR) is 107 cm³/mol. The lowest BCUT2D eigenvalue weighted by atomic mass is 9.71. The van der Waals surface area contributed by atoms with E-state index in [1.165, 1.54) is 30.8 Å². The maximum Gasteiger partial charge on any atom is 0.332 e. The number of rotatable bonds is 3. The van der Waals surface area contributed by atoms with Crippen LogP contribution in [0, 0.1) is 0 Å². The first-order chi connectivity index (χ1) is 13.3. The third kappa shape index (κ3) is 2.82. The van der Waals surface area contributed by atoms with Crippen molar-refractivity contribution in [1.82, 2.24) is 19.4 Å². The minimum Gasteiger partial charge on any atom is -0.341 e. The van der Waals surface area contributed by atoms with Crippen molar-refractivity contribution in [3.8, 4) is 0 Å². The lowest BCUT2D eigenvalue weighted by molar-refractivity contribution is 0.0818. The molecule has 1 aliphatic carbocycles. The molecular weight excluding hydrogens is 380 g/mol. The van der Waals surface area contributed by atoms with E-state index < -0.39 is 16.8 Å². The van der Waals surface area contributed by atoms with Crippen LogP contribution in [0.3, 0.4) is 0 Å². The molecule has 1 aromatic carbocycles. The van der Waals surface area contributed by atoms with Crippen LogP contribution >= 0.6 is 11.6 Å². The van der Waals surface area contributed by atoms with Crippen LogP contribution in [0.2, 0.25) is 5.02 Å². The Kier molecular flexibility index (Phi) is 4.34. The molecule has 0 radical (unpaired) electrons. The van der Waals surface area contributed by atoms with Gasteiger partial charge >= 0.3 is 5.69 Å². The van der Waals surface area contributed by atoms with E-state index in [0.717, 1.165) is 29.4 Å². The van der Waals surface area contributed by atoms with Gasteiger partial charge in [0.25, 0.3) is 11.5 Å². The second kappa shape index (κ2) is 6.60. The Morgan fingerprint density at radius 2 is 1.75 bits per heavy atom. The number of nitrogens with one attached hydrogen (secondary N) is 1. The fourth-order valence-electron chi connectivity index (χ4n) is 3.65. The number of nitrogens with zero attached hydrogens (tertiary/aromatic N) is 3. The molecule has 1 saturated carbocycles. The fraction of sp³-hybridized carbons (Fsp3) is 0.300. The van der Waals surface area contributed by atoms with Gasteiger partial charge in [0.1, 0.15) is 11.3 Å². The number of hydrogen-bond donors (Lipinski definition) is 1. The number of amides is 1. The van der Waals surface area contributed by atoms with Gasteiger partial charge in [0.05, 0.1) is 10.9 Å². The molecule has 1 amide bonds. The summed E-state index contributed by atoms with van der Waals surface area (Å²) in [5.41, 5.74) is -0.0189. The first-order valence-electron chi connectivity index (χ1n) is 8.98. The molecule has 2 aromatic heterocycles. The summed E-state index contributed by atoms with van der Waals surface area (Å²) in [5, 5.41) is 4.02. The predicted octanol–water partition coefficient (Wildman–Crippen LogP) is 2.09. The number of hydrogen-bond acceptors (Lipinski definition) is 4. The standard InChI is InChI=1S/C20H19ClN4O3/c1-24-16-14(18(27)25(2)19(24)28)8-9-15(22-16)17(26)23-20(10-3-11-20)12-4-6-13(21)7-5-12/h4-9H,3,10-11H2,1-2H3,(H,23,26). The third-order valence-electron chi connectivity index (χ3n) is 5.49. The molecule has 3 aromatic rings. The van der Waals surface area contributed by atoms with Gasteiger partial charge in [-0.25, -0.2) is 9.78 Å². The van der Waals surface area contributed by atoms with Crippen LogP contribution in [-0.2, 0) is 19.6 Å². The van der Waals surface area contributed by atoms with Crippen LogP contribution in [0.1, 0.15) is 35.3 Å². The van der Waals surface area contributed by atoms with Gasteiger partial charge in [-0.1, -0.05) is 23.7 Å².